The normalized spacial score (nSPS) is 19.8. The van der Waals surface area contributed by atoms with Crippen LogP contribution < -0.4 is 0 Å². The van der Waals surface area contributed by atoms with Crippen molar-refractivity contribution in [2.24, 2.45) is 11.8 Å². The van der Waals surface area contributed by atoms with Crippen molar-refractivity contribution in [3.8, 4) is 0 Å². The van der Waals surface area contributed by atoms with E-state index in [-0.39, 0.29) is 31.3 Å². The maximum atomic E-state index is 12.5. The molecule has 0 saturated heterocycles. The van der Waals surface area contributed by atoms with Crippen LogP contribution in [0.1, 0.15) is 200 Å². The highest BCUT2D eigenvalue weighted by atomic mass is 31.2. The standard InChI is InChI=1S/C45H83O11P/c1-3-5-7-8-9-10-11-12-13-14-15-16-17-18-19-20-21-22-28-32-45(50)56-39(37-55-57(51,52)53)36-54-44(49)31-27-24-23-26-30-40-41(43(48)35-42(40)47)34-33-38(46)29-25-6-4-2/h12-13,33-34,38-43,46-48H,3-11,14-32,35-37H2,1-2H3,(H2,51,52,53)/b13-12-,34-33+/t38-,39+,40+,41+,42-,43+/m0/s1. The van der Waals surface area contributed by atoms with E-state index in [0.717, 1.165) is 64.2 Å². The summed E-state index contributed by atoms with van der Waals surface area (Å²) in [6, 6.07) is 0. The summed E-state index contributed by atoms with van der Waals surface area (Å²) in [6.07, 6.45) is 33.9. The van der Waals surface area contributed by atoms with Crippen LogP contribution in [-0.2, 0) is 28.2 Å². The third kappa shape index (κ3) is 31.0. The number of rotatable bonds is 38. The molecular formula is C45H83O11P. The van der Waals surface area contributed by atoms with E-state index in [1.165, 1.54) is 83.5 Å². The number of carbonyl (C=O) groups is 2. The molecule has 0 radical (unpaired) electrons. The smallest absolute Gasteiger partial charge is 0.462 e. The number of aliphatic hydroxyl groups excluding tert-OH is 3. The Hall–Kier alpha value is -1.59. The van der Waals surface area contributed by atoms with E-state index in [4.69, 9.17) is 19.3 Å². The first-order chi connectivity index (χ1) is 27.5. The Labute approximate surface area is 346 Å². The van der Waals surface area contributed by atoms with Crippen LogP contribution in [0, 0.1) is 11.8 Å². The van der Waals surface area contributed by atoms with Crippen LogP contribution in [0.15, 0.2) is 24.3 Å². The number of phosphoric acid groups is 1. The number of carbonyl (C=O) groups excluding carboxylic acids is 2. The van der Waals surface area contributed by atoms with E-state index >= 15 is 0 Å². The molecule has 0 unspecified atom stereocenters. The first-order valence-corrected chi connectivity index (χ1v) is 24.4. The Kier molecular flexibility index (Phi) is 33.0. The molecule has 1 saturated carbocycles. The summed E-state index contributed by atoms with van der Waals surface area (Å²) in [5, 5.41) is 31.3. The summed E-state index contributed by atoms with van der Waals surface area (Å²) in [6.45, 7) is 3.42. The fourth-order valence-corrected chi connectivity index (χ4v) is 7.94. The molecular weight excluding hydrogens is 747 g/mol. The largest absolute Gasteiger partial charge is 0.469 e. The number of hydrogen-bond donors (Lipinski definition) is 5. The molecule has 57 heavy (non-hydrogen) atoms. The van der Waals surface area contributed by atoms with Gasteiger partial charge >= 0.3 is 19.8 Å². The van der Waals surface area contributed by atoms with Gasteiger partial charge in [0.2, 0.25) is 0 Å². The number of aliphatic hydroxyl groups is 3. The van der Waals surface area contributed by atoms with Crippen molar-refractivity contribution >= 4 is 19.8 Å². The summed E-state index contributed by atoms with van der Waals surface area (Å²) < 4.78 is 26.5. The Balaban J connectivity index is 2.20. The van der Waals surface area contributed by atoms with Gasteiger partial charge in [-0.15, -0.1) is 0 Å². The fourth-order valence-electron chi connectivity index (χ4n) is 7.58. The van der Waals surface area contributed by atoms with Gasteiger partial charge in [-0.25, -0.2) is 4.57 Å². The number of phosphoric ester groups is 1. The zero-order valence-corrected chi connectivity index (χ0v) is 36.7. The quantitative estimate of drug-likeness (QED) is 0.0173. The highest BCUT2D eigenvalue weighted by Crippen LogP contribution is 2.38. The van der Waals surface area contributed by atoms with Crippen LogP contribution in [0.3, 0.4) is 0 Å². The predicted molar refractivity (Wildman–Crippen MR) is 227 cm³/mol. The molecule has 0 aromatic heterocycles. The van der Waals surface area contributed by atoms with Crippen molar-refractivity contribution < 1.29 is 53.3 Å². The SMILES string of the molecule is CCCCCCCC/C=C\CCCCCCCCCCCC(=O)O[C@H](COC(=O)CCCCCC[C@@H]1[C@@H](/C=C/[C@@H](O)CCCCC)[C@H](O)C[C@@H]1O)COP(=O)(O)O. The van der Waals surface area contributed by atoms with Gasteiger partial charge in [0.25, 0.3) is 0 Å². The van der Waals surface area contributed by atoms with E-state index in [2.05, 4.69) is 30.5 Å². The topological polar surface area (TPSA) is 180 Å². The van der Waals surface area contributed by atoms with Crippen molar-refractivity contribution in [1.29, 1.82) is 0 Å². The third-order valence-electron chi connectivity index (χ3n) is 11.0. The lowest BCUT2D eigenvalue weighted by Gasteiger charge is -2.21. The van der Waals surface area contributed by atoms with Crippen molar-refractivity contribution in [2.45, 2.75) is 224 Å². The van der Waals surface area contributed by atoms with Crippen LogP contribution in [0.25, 0.3) is 0 Å². The lowest BCUT2D eigenvalue weighted by atomic mass is 9.88. The first-order valence-electron chi connectivity index (χ1n) is 22.9. The Morgan fingerprint density at radius 3 is 1.75 bits per heavy atom. The molecule has 0 aromatic carbocycles. The maximum absolute atomic E-state index is 12.5. The number of esters is 2. The zero-order chi connectivity index (χ0) is 42.0. The van der Waals surface area contributed by atoms with Crippen LogP contribution >= 0.6 is 7.82 Å². The molecule has 1 fully saturated rings. The minimum absolute atomic E-state index is 0.0823. The molecule has 6 atom stereocenters. The molecule has 0 amide bonds. The number of hydrogen-bond acceptors (Lipinski definition) is 9. The van der Waals surface area contributed by atoms with E-state index in [1.54, 1.807) is 6.08 Å². The van der Waals surface area contributed by atoms with E-state index in [9.17, 15) is 29.5 Å². The van der Waals surface area contributed by atoms with Crippen LogP contribution in [0.5, 0.6) is 0 Å². The lowest BCUT2D eigenvalue weighted by molar-refractivity contribution is -0.161. The lowest BCUT2D eigenvalue weighted by Crippen LogP contribution is -2.29. The molecule has 1 rings (SSSR count). The molecule has 5 N–H and O–H groups in total. The molecule has 11 nitrogen and oxygen atoms in total. The summed E-state index contributed by atoms with van der Waals surface area (Å²) in [5.41, 5.74) is 0. The molecule has 0 heterocycles. The van der Waals surface area contributed by atoms with Gasteiger partial charge in [0.1, 0.15) is 6.61 Å². The predicted octanol–water partition coefficient (Wildman–Crippen LogP) is 10.3. The second-order valence-electron chi connectivity index (χ2n) is 16.3. The van der Waals surface area contributed by atoms with Gasteiger partial charge in [-0.05, 0) is 57.3 Å². The van der Waals surface area contributed by atoms with Crippen molar-refractivity contribution in [3.05, 3.63) is 24.3 Å². The van der Waals surface area contributed by atoms with E-state index in [0.29, 0.717) is 25.7 Å². The van der Waals surface area contributed by atoms with Gasteiger partial charge in [-0.1, -0.05) is 154 Å². The number of allylic oxidation sites excluding steroid dienone is 2. The number of unbranched alkanes of at least 4 members (excludes halogenated alkanes) is 20. The van der Waals surface area contributed by atoms with Crippen LogP contribution in [0.4, 0.5) is 0 Å². The second kappa shape index (κ2) is 35.2. The summed E-state index contributed by atoms with van der Waals surface area (Å²) in [7, 11) is -4.81. The second-order valence-corrected chi connectivity index (χ2v) is 17.6. The molecule has 12 heteroatoms. The molecule has 334 valence electrons. The van der Waals surface area contributed by atoms with Gasteiger partial charge in [0.05, 0.1) is 24.9 Å². The average molecular weight is 831 g/mol. The minimum atomic E-state index is -4.81. The van der Waals surface area contributed by atoms with Crippen molar-refractivity contribution in [1.82, 2.24) is 0 Å². The average Bonchev–Trinajstić information content (AvgIpc) is 3.44. The van der Waals surface area contributed by atoms with Crippen LogP contribution in [-0.4, -0.2) is 74.7 Å². The minimum Gasteiger partial charge on any atom is -0.462 e. The molecule has 0 aromatic rings. The summed E-state index contributed by atoms with van der Waals surface area (Å²) in [5.74, 6) is -1.30. The fraction of sp³-hybridized carbons (Fsp3) is 0.867. The third-order valence-corrected chi connectivity index (χ3v) is 11.5. The molecule has 0 spiro atoms. The van der Waals surface area contributed by atoms with Gasteiger partial charge in [-0.3, -0.25) is 14.1 Å². The van der Waals surface area contributed by atoms with Gasteiger partial charge < -0.3 is 34.6 Å². The molecule has 0 aliphatic heterocycles. The molecule has 0 bridgehead atoms. The maximum Gasteiger partial charge on any atom is 0.469 e. The summed E-state index contributed by atoms with van der Waals surface area (Å²) in [4.78, 5) is 43.2. The van der Waals surface area contributed by atoms with Gasteiger partial charge in [0.15, 0.2) is 6.10 Å². The monoisotopic (exact) mass is 831 g/mol. The van der Waals surface area contributed by atoms with Crippen molar-refractivity contribution in [3.63, 3.8) is 0 Å². The Morgan fingerprint density at radius 2 is 1.18 bits per heavy atom. The summed E-state index contributed by atoms with van der Waals surface area (Å²) >= 11 is 0. The molecule has 1 aliphatic rings. The van der Waals surface area contributed by atoms with E-state index < -0.39 is 50.8 Å². The first kappa shape index (κ1) is 53.4. The highest BCUT2D eigenvalue weighted by Gasteiger charge is 2.39. The zero-order valence-electron chi connectivity index (χ0n) is 35.8. The van der Waals surface area contributed by atoms with Gasteiger partial charge in [-0.2, -0.15) is 0 Å². The number of ether oxygens (including phenoxy) is 2. The Bertz CT molecular complexity index is 1090. The Morgan fingerprint density at radius 1 is 0.667 bits per heavy atom. The molecule has 1 aliphatic carbocycles. The van der Waals surface area contributed by atoms with Crippen LogP contribution in [0.2, 0.25) is 0 Å². The van der Waals surface area contributed by atoms with E-state index in [1.807, 2.05) is 6.08 Å². The van der Waals surface area contributed by atoms with Gasteiger partial charge in [0, 0.05) is 25.2 Å². The highest BCUT2D eigenvalue weighted by molar-refractivity contribution is 7.46. The van der Waals surface area contributed by atoms with Crippen molar-refractivity contribution in [2.75, 3.05) is 13.2 Å².